The van der Waals surface area contributed by atoms with Gasteiger partial charge < -0.3 is 20.7 Å². The number of ether oxygens (including phenoxy) is 1. The monoisotopic (exact) mass is 325 g/mol. The third-order valence-corrected chi connectivity index (χ3v) is 4.86. The number of hydrogen-bond acceptors (Lipinski definition) is 4. The molecule has 2 rings (SSSR count). The highest BCUT2D eigenvalue weighted by Crippen LogP contribution is 2.30. The van der Waals surface area contributed by atoms with E-state index < -0.39 is 5.60 Å². The molecule has 23 heavy (non-hydrogen) atoms. The lowest BCUT2D eigenvalue weighted by molar-refractivity contribution is 0.0527. The quantitative estimate of drug-likeness (QED) is 0.657. The van der Waals surface area contributed by atoms with Gasteiger partial charge >= 0.3 is 6.09 Å². The van der Waals surface area contributed by atoms with E-state index in [-0.39, 0.29) is 6.09 Å². The van der Waals surface area contributed by atoms with Crippen LogP contribution in [0.2, 0.25) is 0 Å². The Morgan fingerprint density at radius 2 is 1.91 bits per heavy atom. The Labute approximate surface area is 141 Å². The lowest BCUT2D eigenvalue weighted by Crippen LogP contribution is -2.47. The maximum Gasteiger partial charge on any atom is 0.407 e. The third-order valence-electron chi connectivity index (χ3n) is 4.86. The molecule has 1 saturated carbocycles. The summed E-state index contributed by atoms with van der Waals surface area (Å²) in [7, 11) is 0. The predicted octanol–water partition coefficient (Wildman–Crippen LogP) is 2.80. The fourth-order valence-corrected chi connectivity index (χ4v) is 3.85. The van der Waals surface area contributed by atoms with E-state index >= 15 is 0 Å². The maximum absolute atomic E-state index is 11.6. The fourth-order valence-electron chi connectivity index (χ4n) is 3.85. The van der Waals surface area contributed by atoms with Gasteiger partial charge in [-0.15, -0.1) is 0 Å². The van der Waals surface area contributed by atoms with E-state index in [1.165, 1.54) is 45.1 Å². The minimum absolute atomic E-state index is 0.316. The molecule has 1 aliphatic carbocycles. The van der Waals surface area contributed by atoms with Gasteiger partial charge in [-0.2, -0.15) is 0 Å². The average Bonchev–Trinajstić information content (AvgIpc) is 2.99. The summed E-state index contributed by atoms with van der Waals surface area (Å²) in [5.41, 5.74) is -0.425. The van der Waals surface area contributed by atoms with Crippen LogP contribution in [-0.4, -0.2) is 43.4 Å². The first-order valence-electron chi connectivity index (χ1n) is 9.39. The van der Waals surface area contributed by atoms with Gasteiger partial charge in [-0.1, -0.05) is 12.8 Å². The van der Waals surface area contributed by atoms with Gasteiger partial charge in [0.1, 0.15) is 5.60 Å². The smallest absolute Gasteiger partial charge is 0.407 e. The van der Waals surface area contributed by atoms with Crippen molar-refractivity contribution in [1.82, 2.24) is 16.0 Å². The molecule has 0 spiro atoms. The number of carbonyl (C=O) groups is 1. The van der Waals surface area contributed by atoms with Crippen LogP contribution < -0.4 is 16.0 Å². The van der Waals surface area contributed by atoms with Crippen molar-refractivity contribution < 1.29 is 9.53 Å². The van der Waals surface area contributed by atoms with Gasteiger partial charge in [-0.05, 0) is 71.9 Å². The van der Waals surface area contributed by atoms with E-state index in [1.807, 2.05) is 20.8 Å². The van der Waals surface area contributed by atoms with E-state index in [0.29, 0.717) is 18.6 Å². The molecule has 0 bridgehead atoms. The van der Waals surface area contributed by atoms with Crippen molar-refractivity contribution >= 4 is 6.09 Å². The number of nitrogens with one attached hydrogen (secondary N) is 3. The minimum atomic E-state index is -0.425. The second kappa shape index (κ2) is 8.88. The van der Waals surface area contributed by atoms with E-state index in [9.17, 15) is 4.79 Å². The summed E-state index contributed by atoms with van der Waals surface area (Å²) < 4.78 is 5.24. The topological polar surface area (TPSA) is 62.4 Å². The van der Waals surface area contributed by atoms with Crippen molar-refractivity contribution in [1.29, 1.82) is 0 Å². The largest absolute Gasteiger partial charge is 0.444 e. The molecule has 0 aromatic rings. The van der Waals surface area contributed by atoms with Crippen LogP contribution in [0.1, 0.15) is 65.7 Å². The first-order chi connectivity index (χ1) is 11.0. The molecule has 0 aromatic carbocycles. The van der Waals surface area contributed by atoms with E-state index in [4.69, 9.17) is 4.74 Å². The van der Waals surface area contributed by atoms with Gasteiger partial charge in [-0.3, -0.25) is 0 Å². The van der Waals surface area contributed by atoms with Crippen LogP contribution in [0.15, 0.2) is 0 Å². The van der Waals surface area contributed by atoms with Crippen molar-refractivity contribution in [3.63, 3.8) is 0 Å². The lowest BCUT2D eigenvalue weighted by Gasteiger charge is -2.36. The Kier molecular flexibility index (Phi) is 7.15. The molecule has 1 heterocycles. The SMILES string of the molecule is CC(C)(C)OC(=O)NCCCNC1CCCCC1C1CCCN1. The average molecular weight is 325 g/mol. The molecule has 5 nitrogen and oxygen atoms in total. The molecule has 1 aliphatic heterocycles. The molecule has 1 amide bonds. The minimum Gasteiger partial charge on any atom is -0.444 e. The maximum atomic E-state index is 11.6. The number of hydrogen-bond donors (Lipinski definition) is 3. The normalized spacial score (nSPS) is 28.6. The number of amides is 1. The zero-order valence-corrected chi connectivity index (χ0v) is 15.1. The van der Waals surface area contributed by atoms with Crippen LogP contribution in [0.4, 0.5) is 4.79 Å². The molecular formula is C18H35N3O2. The molecule has 5 heteroatoms. The highest BCUT2D eigenvalue weighted by Gasteiger charge is 2.32. The number of rotatable bonds is 6. The molecule has 2 aliphatic rings. The lowest BCUT2D eigenvalue weighted by atomic mass is 9.79. The van der Waals surface area contributed by atoms with Gasteiger partial charge in [0.05, 0.1) is 0 Å². The Balaban J connectivity index is 1.61. The first kappa shape index (κ1) is 18.5. The Morgan fingerprint density at radius 3 is 2.61 bits per heavy atom. The van der Waals surface area contributed by atoms with Gasteiger partial charge in [0.25, 0.3) is 0 Å². The van der Waals surface area contributed by atoms with Crippen LogP contribution in [0.3, 0.4) is 0 Å². The fraction of sp³-hybridized carbons (Fsp3) is 0.944. The third kappa shape index (κ3) is 6.68. The van der Waals surface area contributed by atoms with Crippen molar-refractivity contribution in [2.24, 2.45) is 5.92 Å². The second-order valence-corrected chi connectivity index (χ2v) is 7.99. The zero-order chi connectivity index (χ0) is 16.7. The molecule has 1 saturated heterocycles. The summed E-state index contributed by atoms with van der Waals surface area (Å²) in [6.45, 7) is 8.47. The van der Waals surface area contributed by atoms with Crippen LogP contribution in [0.5, 0.6) is 0 Å². The zero-order valence-electron chi connectivity index (χ0n) is 15.1. The van der Waals surface area contributed by atoms with E-state index in [1.54, 1.807) is 0 Å². The number of alkyl carbamates (subject to hydrolysis) is 1. The van der Waals surface area contributed by atoms with Crippen LogP contribution in [-0.2, 0) is 4.74 Å². The van der Waals surface area contributed by atoms with Gasteiger partial charge in [0, 0.05) is 18.6 Å². The molecule has 0 aromatic heterocycles. The van der Waals surface area contributed by atoms with Gasteiger partial charge in [0.2, 0.25) is 0 Å². The number of carbonyl (C=O) groups excluding carboxylic acids is 1. The summed E-state index contributed by atoms with van der Waals surface area (Å²) in [5, 5.41) is 10.2. The first-order valence-corrected chi connectivity index (χ1v) is 9.39. The summed E-state index contributed by atoms with van der Waals surface area (Å²) in [6, 6.07) is 1.36. The highest BCUT2D eigenvalue weighted by molar-refractivity contribution is 5.67. The molecule has 3 N–H and O–H groups in total. The van der Waals surface area contributed by atoms with Gasteiger partial charge in [0.15, 0.2) is 0 Å². The summed E-state index contributed by atoms with van der Waals surface area (Å²) >= 11 is 0. The Hall–Kier alpha value is -0.810. The van der Waals surface area contributed by atoms with Crippen LogP contribution in [0, 0.1) is 5.92 Å². The molecule has 3 unspecified atom stereocenters. The van der Waals surface area contributed by atoms with Crippen LogP contribution in [0.25, 0.3) is 0 Å². The van der Waals surface area contributed by atoms with Crippen molar-refractivity contribution in [2.45, 2.75) is 83.4 Å². The molecule has 134 valence electrons. The molecule has 3 atom stereocenters. The van der Waals surface area contributed by atoms with Crippen molar-refractivity contribution in [2.75, 3.05) is 19.6 Å². The van der Waals surface area contributed by atoms with E-state index in [0.717, 1.165) is 18.9 Å². The molecule has 2 fully saturated rings. The summed E-state index contributed by atoms with van der Waals surface area (Å²) in [5.74, 6) is 0.782. The highest BCUT2D eigenvalue weighted by atomic mass is 16.6. The van der Waals surface area contributed by atoms with Crippen molar-refractivity contribution in [3.05, 3.63) is 0 Å². The summed E-state index contributed by atoms with van der Waals surface area (Å²) in [6.07, 6.45) is 8.66. The standard InChI is InChI=1S/C18H35N3O2/c1-18(2,3)23-17(22)21-13-7-12-20-15-9-5-4-8-14(15)16-10-6-11-19-16/h14-16,19-20H,4-13H2,1-3H3,(H,21,22). The Morgan fingerprint density at radius 1 is 1.13 bits per heavy atom. The summed E-state index contributed by atoms with van der Waals surface area (Å²) in [4.78, 5) is 11.6. The van der Waals surface area contributed by atoms with Gasteiger partial charge in [-0.25, -0.2) is 4.79 Å². The Bertz CT molecular complexity index is 362. The molecule has 0 radical (unpaired) electrons. The predicted molar refractivity (Wildman–Crippen MR) is 93.6 cm³/mol. The van der Waals surface area contributed by atoms with E-state index in [2.05, 4.69) is 16.0 Å². The molecular weight excluding hydrogens is 290 g/mol. The van der Waals surface area contributed by atoms with Crippen LogP contribution >= 0.6 is 0 Å². The van der Waals surface area contributed by atoms with Crippen molar-refractivity contribution in [3.8, 4) is 0 Å². The second-order valence-electron chi connectivity index (χ2n) is 7.99.